The van der Waals surface area contributed by atoms with Crippen LogP contribution in [0.3, 0.4) is 0 Å². The van der Waals surface area contributed by atoms with Crippen LogP contribution in [0.4, 0.5) is 16.3 Å². The highest BCUT2D eigenvalue weighted by molar-refractivity contribution is 5.98. The Morgan fingerprint density at radius 3 is 2.13 bits per heavy atom. The van der Waals surface area contributed by atoms with Crippen molar-refractivity contribution >= 4 is 28.6 Å². The molecule has 1 aliphatic heterocycles. The van der Waals surface area contributed by atoms with Crippen LogP contribution < -0.4 is 16.4 Å². The van der Waals surface area contributed by atoms with Gasteiger partial charge >= 0.3 is 6.03 Å². The molecule has 46 heavy (non-hydrogen) atoms. The van der Waals surface area contributed by atoms with Gasteiger partial charge in [-0.15, -0.1) is 0 Å². The summed E-state index contributed by atoms with van der Waals surface area (Å²) < 4.78 is 2.10. The molecule has 10 heteroatoms. The quantitative estimate of drug-likeness (QED) is 0.215. The van der Waals surface area contributed by atoms with Gasteiger partial charge in [0.15, 0.2) is 5.65 Å². The van der Waals surface area contributed by atoms with Crippen LogP contribution in [0.15, 0.2) is 91.3 Å². The number of fused-ring (bicyclic) bond motifs is 1. The molecule has 1 aliphatic carbocycles. The van der Waals surface area contributed by atoms with Gasteiger partial charge < -0.3 is 21.3 Å². The third-order valence-electron chi connectivity index (χ3n) is 9.54. The van der Waals surface area contributed by atoms with Gasteiger partial charge in [0, 0.05) is 43.5 Å². The molecule has 4 N–H and O–H groups in total. The summed E-state index contributed by atoms with van der Waals surface area (Å²) in [6.45, 7) is 4.59. The van der Waals surface area contributed by atoms with Crippen LogP contribution in [0.5, 0.6) is 0 Å². The number of hydrogen-bond acceptors (Lipinski definition) is 7. The molecule has 5 aromatic rings. The van der Waals surface area contributed by atoms with Crippen molar-refractivity contribution in [3.63, 3.8) is 0 Å². The summed E-state index contributed by atoms with van der Waals surface area (Å²) in [7, 11) is 2.21. The number of carbonyl (C=O) groups excluding carboxylic acids is 1. The predicted octanol–water partition coefficient (Wildman–Crippen LogP) is 5.72. The van der Waals surface area contributed by atoms with Crippen molar-refractivity contribution in [2.75, 3.05) is 44.3 Å². The number of hydrogen-bond donors (Lipinski definition) is 3. The van der Waals surface area contributed by atoms with Crippen molar-refractivity contribution in [3.8, 4) is 11.3 Å². The molecule has 2 amide bonds. The van der Waals surface area contributed by atoms with Gasteiger partial charge in [0.2, 0.25) is 0 Å². The standard InChI is InChI=1S/C36H41N9O/c1-43-20-22-44(23-21-43)29-16-18-30(19-17-29)45-35-31(34(37)38-24-39-35)33(42-45)27-14-12-26(13-15-27)32(25-8-4-2-5-9-25)41-36(46)40-28-10-6-3-7-11-28/h2-15,24,29-30,32H,16-23H2,1H3,(H2,37,38,39)(H2,40,41,46). The second-order valence-electron chi connectivity index (χ2n) is 12.5. The molecule has 2 fully saturated rings. The summed E-state index contributed by atoms with van der Waals surface area (Å²) in [5.74, 6) is 0.433. The number of likely N-dealkylation sites (N-methyl/N-ethyl adjacent to an activating group) is 1. The van der Waals surface area contributed by atoms with Crippen molar-refractivity contribution < 1.29 is 4.79 Å². The van der Waals surface area contributed by atoms with Crippen LogP contribution in [-0.4, -0.2) is 74.8 Å². The number of anilines is 2. The van der Waals surface area contributed by atoms with E-state index in [1.807, 2.05) is 84.9 Å². The van der Waals surface area contributed by atoms with E-state index in [9.17, 15) is 4.79 Å². The zero-order valence-electron chi connectivity index (χ0n) is 26.2. The van der Waals surface area contributed by atoms with Crippen molar-refractivity contribution in [1.82, 2.24) is 34.9 Å². The lowest BCUT2D eigenvalue weighted by molar-refractivity contribution is 0.0815. The highest BCUT2D eigenvalue weighted by Gasteiger charge is 2.31. The number of nitrogen functional groups attached to an aromatic ring is 1. The normalized spacial score (nSPS) is 19.9. The number of nitrogens with zero attached hydrogens (tertiary/aromatic N) is 6. The molecule has 2 aromatic heterocycles. The molecule has 1 saturated carbocycles. The van der Waals surface area contributed by atoms with Gasteiger partial charge in [0.1, 0.15) is 17.8 Å². The van der Waals surface area contributed by atoms with E-state index in [0.29, 0.717) is 11.9 Å². The fraction of sp³-hybridized carbons (Fsp3) is 0.333. The Morgan fingerprint density at radius 1 is 0.804 bits per heavy atom. The largest absolute Gasteiger partial charge is 0.383 e. The monoisotopic (exact) mass is 615 g/mol. The highest BCUT2D eigenvalue weighted by atomic mass is 16.2. The van der Waals surface area contributed by atoms with E-state index in [1.165, 1.54) is 6.33 Å². The maximum absolute atomic E-state index is 13.1. The number of aromatic nitrogens is 4. The predicted molar refractivity (Wildman–Crippen MR) is 182 cm³/mol. The molecule has 0 bridgehead atoms. The zero-order chi connectivity index (χ0) is 31.5. The van der Waals surface area contributed by atoms with Crippen molar-refractivity contribution in [1.29, 1.82) is 0 Å². The van der Waals surface area contributed by atoms with Gasteiger partial charge in [0.05, 0.1) is 17.5 Å². The molecule has 3 aromatic carbocycles. The van der Waals surface area contributed by atoms with Crippen LogP contribution in [-0.2, 0) is 0 Å². The van der Waals surface area contributed by atoms with Gasteiger partial charge in [-0.1, -0.05) is 72.8 Å². The lowest BCUT2D eigenvalue weighted by Gasteiger charge is -2.41. The fourth-order valence-corrected chi connectivity index (χ4v) is 6.96. The number of nitrogens with one attached hydrogen (secondary N) is 2. The number of amides is 2. The molecule has 0 spiro atoms. The Balaban J connectivity index is 1.13. The Hall–Kier alpha value is -4.80. The van der Waals surface area contributed by atoms with Crippen LogP contribution in [0.1, 0.15) is 48.9 Å². The molecule has 236 valence electrons. The first-order valence-electron chi connectivity index (χ1n) is 16.2. The summed E-state index contributed by atoms with van der Waals surface area (Å²) in [6.07, 6.45) is 5.98. The number of benzene rings is 3. The fourth-order valence-electron chi connectivity index (χ4n) is 6.96. The zero-order valence-corrected chi connectivity index (χ0v) is 26.2. The highest BCUT2D eigenvalue weighted by Crippen LogP contribution is 2.37. The molecular weight excluding hydrogens is 574 g/mol. The molecule has 0 radical (unpaired) electrons. The van der Waals surface area contributed by atoms with Gasteiger partial charge in [-0.25, -0.2) is 19.4 Å². The van der Waals surface area contributed by atoms with Crippen molar-refractivity contribution in [2.45, 2.75) is 43.8 Å². The average molecular weight is 616 g/mol. The first-order chi connectivity index (χ1) is 22.5. The summed E-state index contributed by atoms with van der Waals surface area (Å²) in [6, 6.07) is 27.9. The van der Waals surface area contributed by atoms with Crippen molar-refractivity contribution in [3.05, 3.63) is 102 Å². The van der Waals surface area contributed by atoms with E-state index in [1.54, 1.807) is 0 Å². The molecule has 3 heterocycles. The molecule has 1 atom stereocenters. The number of piperazine rings is 1. The van der Waals surface area contributed by atoms with E-state index in [2.05, 4.69) is 42.1 Å². The summed E-state index contributed by atoms with van der Waals surface area (Å²) in [4.78, 5) is 27.1. The minimum atomic E-state index is -0.350. The van der Waals surface area contributed by atoms with Gasteiger partial charge in [-0.2, -0.15) is 5.10 Å². The Morgan fingerprint density at radius 2 is 1.43 bits per heavy atom. The van der Waals surface area contributed by atoms with Gasteiger partial charge in [0.25, 0.3) is 0 Å². The summed E-state index contributed by atoms with van der Waals surface area (Å²) in [5, 5.41) is 12.0. The van der Waals surface area contributed by atoms with Crippen LogP contribution in [0, 0.1) is 0 Å². The van der Waals surface area contributed by atoms with Crippen LogP contribution in [0.25, 0.3) is 22.3 Å². The Kier molecular flexibility index (Phi) is 8.63. The lowest BCUT2D eigenvalue weighted by Crippen LogP contribution is -2.49. The van der Waals surface area contributed by atoms with E-state index in [4.69, 9.17) is 10.8 Å². The maximum atomic E-state index is 13.1. The van der Waals surface area contributed by atoms with Crippen molar-refractivity contribution in [2.24, 2.45) is 0 Å². The average Bonchev–Trinajstić information content (AvgIpc) is 3.50. The lowest BCUT2D eigenvalue weighted by atomic mass is 9.90. The number of urea groups is 1. The third kappa shape index (κ3) is 6.31. The maximum Gasteiger partial charge on any atom is 0.319 e. The number of carbonyl (C=O) groups is 1. The number of rotatable bonds is 7. The number of para-hydroxylation sites is 1. The molecule has 1 unspecified atom stereocenters. The molecular formula is C36H41N9O. The minimum Gasteiger partial charge on any atom is -0.383 e. The van der Waals surface area contributed by atoms with Crippen LogP contribution >= 0.6 is 0 Å². The van der Waals surface area contributed by atoms with Gasteiger partial charge in [-0.3, -0.25) is 4.90 Å². The molecule has 7 rings (SSSR count). The van der Waals surface area contributed by atoms with E-state index in [-0.39, 0.29) is 18.1 Å². The van der Waals surface area contributed by atoms with Gasteiger partial charge in [-0.05, 0) is 56.0 Å². The van der Waals surface area contributed by atoms with E-state index in [0.717, 1.165) is 91.0 Å². The topological polar surface area (TPSA) is 117 Å². The SMILES string of the molecule is CN1CCN(C2CCC(n3nc(-c4ccc(C(NC(=O)Nc5ccccc5)c5ccccc5)cc4)c4c(N)ncnc43)CC2)CC1. The first-order valence-corrected chi connectivity index (χ1v) is 16.2. The minimum absolute atomic E-state index is 0.267. The Labute approximate surface area is 269 Å². The first kappa shape index (κ1) is 29.9. The smallest absolute Gasteiger partial charge is 0.319 e. The second-order valence-corrected chi connectivity index (χ2v) is 12.5. The summed E-state index contributed by atoms with van der Waals surface area (Å²) >= 11 is 0. The van der Waals surface area contributed by atoms with E-state index >= 15 is 0 Å². The second kappa shape index (κ2) is 13.3. The van der Waals surface area contributed by atoms with Crippen LogP contribution in [0.2, 0.25) is 0 Å². The molecule has 10 nitrogen and oxygen atoms in total. The molecule has 1 saturated heterocycles. The Bertz CT molecular complexity index is 1760. The number of nitrogens with two attached hydrogens (primary N) is 1. The van der Waals surface area contributed by atoms with E-state index < -0.39 is 0 Å². The third-order valence-corrected chi connectivity index (χ3v) is 9.54. The molecule has 2 aliphatic rings. The summed E-state index contributed by atoms with van der Waals surface area (Å²) in [5.41, 5.74) is 11.6.